The summed E-state index contributed by atoms with van der Waals surface area (Å²) in [7, 11) is 2.23. The molecule has 4 nitrogen and oxygen atoms in total. The Labute approximate surface area is 927 Å². The summed E-state index contributed by atoms with van der Waals surface area (Å²) in [6, 6.07) is 14.4. The van der Waals surface area contributed by atoms with E-state index in [0.717, 1.165) is 48.0 Å². The van der Waals surface area contributed by atoms with Crippen molar-refractivity contribution < 1.29 is 9.13 Å². The Morgan fingerprint density at radius 2 is 0.391 bits per heavy atom. The van der Waals surface area contributed by atoms with Crippen LogP contribution in [0.5, 0.6) is 0 Å². The molecule has 0 aliphatic carbocycles. The third-order valence-electron chi connectivity index (χ3n) is 29.9. The summed E-state index contributed by atoms with van der Waals surface area (Å²) >= 11 is 6.61. The molecule has 0 aliphatic heterocycles. The van der Waals surface area contributed by atoms with Crippen molar-refractivity contribution in [3.63, 3.8) is 0 Å². The van der Waals surface area contributed by atoms with Gasteiger partial charge in [-0.1, -0.05) is 619 Å². The van der Waals surface area contributed by atoms with E-state index in [1.165, 1.54) is 616 Å². The van der Waals surface area contributed by atoms with E-state index < -0.39 is 0 Å². The first kappa shape index (κ1) is 146. The largest absolute Gasteiger partial charge is 2.00 e. The van der Waals surface area contributed by atoms with Gasteiger partial charge in [0.25, 0.3) is 0 Å². The van der Waals surface area contributed by atoms with Gasteiger partial charge in [0.05, 0.1) is 0 Å². The van der Waals surface area contributed by atoms with E-state index in [-0.39, 0.29) is 60.3 Å². The van der Waals surface area contributed by atoms with Gasteiger partial charge in [-0.3, -0.25) is 4.98 Å². The first-order chi connectivity index (χ1) is 66.8. The summed E-state index contributed by atoms with van der Waals surface area (Å²) < 4.78 is 4.81. The Kier molecular flexibility index (Phi) is 137. The normalized spacial score (nSPS) is 11.2. The predicted molar refractivity (Wildman–Crippen MR) is 640 cm³/mol. The third-order valence-corrected chi connectivity index (χ3v) is 30.5. The van der Waals surface area contributed by atoms with Crippen molar-refractivity contribution >= 4 is 77.3 Å². The number of rotatable bonds is 103. The first-order valence-electron chi connectivity index (χ1n) is 62.0. The molecule has 0 aromatic carbocycles. The number of hydrogen-bond acceptors (Lipinski definition) is 2. The van der Waals surface area contributed by atoms with Gasteiger partial charge < -0.3 is 18.7 Å². The van der Waals surface area contributed by atoms with Crippen molar-refractivity contribution in [3.8, 4) is 0 Å². The Morgan fingerprint density at radius 3 is 0.551 bits per heavy atom. The number of pyridine rings is 3. The molecule has 3 rings (SSSR count). The minimum Gasteiger partial charge on any atom is -0.346 e. The Morgan fingerprint density at radius 1 is 0.239 bits per heavy atom. The third kappa shape index (κ3) is 110. The number of hydrogen-bond donors (Lipinski definition) is 0. The van der Waals surface area contributed by atoms with Crippen LogP contribution in [0.3, 0.4) is 0 Å². The van der Waals surface area contributed by atoms with Gasteiger partial charge in [0.2, 0.25) is 0 Å². The molecule has 812 valence electrons. The molecule has 0 bridgehead atoms. The molecule has 7 heteroatoms. The van der Waals surface area contributed by atoms with E-state index in [9.17, 15) is 0 Å². The fourth-order valence-electron chi connectivity index (χ4n) is 20.6. The molecular weight excluding hydrogens is 1880 g/mol. The molecule has 3 aromatic heterocycles. The molecule has 0 aliphatic rings. The van der Waals surface area contributed by atoms with Crippen molar-refractivity contribution in [2.75, 3.05) is 30.8 Å². The standard InChI is InChI=1S/C45H87N2.C42H79BrN.C38H71N.C2H4Br.C2H5.2CH4.Sr/c1-5-8-10-12-14-16-18-20-22-24-26-28-30-32-36-44(45-38-42-47(43-39-45)41-35-34-40-46(4)7-3)37-33-31-29-27-25-23-21-19-17-15-13-11-9-6-2;1-3-5-7-9-11-13-15-17-19-21-23-25-27-29-33-41(42-35-39-44(40-36-42)38-32-31-37-43)34-30-28-26-24-22-20-18-16-14-12-10-8-6-4-2;1-3-5-7-9-11-13-15-17-19-21-23-25-27-29-31-37(38-33-35-39-36-34-38)32-30-28-26-24-22-20-18-16-14-12-10-8-6-4-2;1-2-3;1-2;;;/h38-39,42-44H,5-37,40-41H2,1-4H3;35-36,39-41H,3-34,37-38H2,1-2H3;33-37H,3-32H2,1-2H3;1-2H2;1H2,2H3;2*1H4;/q2*+1;;2*-1;;;+2. The van der Waals surface area contributed by atoms with Crippen LogP contribution in [-0.2, 0) is 13.1 Å². The molecule has 0 radical (unpaired) electrons. The number of nitrogens with zero attached hydrogens (tertiary/aromatic N) is 4. The van der Waals surface area contributed by atoms with Crippen LogP contribution in [0.1, 0.15) is 708 Å². The van der Waals surface area contributed by atoms with Gasteiger partial charge in [-0.15, -0.1) is 21.3 Å². The van der Waals surface area contributed by atoms with E-state index in [4.69, 9.17) is 0 Å². The maximum Gasteiger partial charge on any atom is 2.00 e. The topological polar surface area (TPSA) is 23.9 Å². The summed E-state index contributed by atoms with van der Waals surface area (Å²) in [5.74, 6) is 2.28. The van der Waals surface area contributed by atoms with Crippen LogP contribution in [0.15, 0.2) is 73.6 Å². The Bertz CT molecular complexity index is 2450. The number of alkyl halides is 2. The van der Waals surface area contributed by atoms with Gasteiger partial charge in [-0.2, -0.15) is 6.92 Å². The quantitative estimate of drug-likeness (QED) is 0.0185. The Hall–Kier alpha value is -0.149. The second-order valence-corrected chi connectivity index (χ2v) is 44.2. The van der Waals surface area contributed by atoms with Crippen LogP contribution < -0.4 is 9.13 Å². The molecule has 0 unspecified atom stereocenters. The summed E-state index contributed by atoms with van der Waals surface area (Å²) in [4.78, 5) is 6.70. The fourth-order valence-corrected chi connectivity index (χ4v) is 21.0. The van der Waals surface area contributed by atoms with Crippen molar-refractivity contribution in [3.05, 3.63) is 104 Å². The monoisotopic (exact) mass is 2130 g/mol. The van der Waals surface area contributed by atoms with Crippen molar-refractivity contribution in [1.29, 1.82) is 0 Å². The van der Waals surface area contributed by atoms with E-state index in [2.05, 4.69) is 181 Å². The van der Waals surface area contributed by atoms with Crippen LogP contribution in [0.2, 0.25) is 0 Å². The summed E-state index contributed by atoms with van der Waals surface area (Å²) in [5.41, 5.74) is 4.75. The van der Waals surface area contributed by atoms with Crippen LogP contribution in [-0.4, -0.2) is 86.2 Å². The van der Waals surface area contributed by atoms with E-state index in [1.807, 2.05) is 12.4 Å². The van der Waals surface area contributed by atoms with Crippen LogP contribution >= 0.6 is 31.9 Å². The van der Waals surface area contributed by atoms with Gasteiger partial charge in [0.1, 0.15) is 13.1 Å². The van der Waals surface area contributed by atoms with Crippen molar-refractivity contribution in [2.45, 2.75) is 705 Å². The molecule has 3 heterocycles. The summed E-state index contributed by atoms with van der Waals surface area (Å²) in [6.07, 6.45) is 149. The SMILES string of the molecule is C.C.CCCCCCCCCCCCCCCCC(CCCCCCCCCCCCCCCC)c1cc[n+](CCCCBr)cc1.CCCCCCCCCCCCCCCCC(CCCCCCCCCCCCCCCC)c1cc[n+](CCCCN(C)CC)cc1.CCCCCCCCCCCCCCCCC(CCCCCCCCCCCCCCCC)c1ccncc1.[CH2-]C.[CH2-]CBr.[Sr+2]. The average molecular weight is 2130 g/mol. The zero-order valence-electron chi connectivity index (χ0n) is 94.5. The van der Waals surface area contributed by atoms with Gasteiger partial charge in [-0.05, 0) is 118 Å². The maximum absolute atomic E-state index is 4.27. The zero-order chi connectivity index (χ0) is 98.1. The second-order valence-electron chi connectivity index (χ2n) is 42.6. The van der Waals surface area contributed by atoms with E-state index >= 15 is 0 Å². The molecule has 0 saturated heterocycles. The van der Waals surface area contributed by atoms with Gasteiger partial charge in [0.15, 0.2) is 24.8 Å². The maximum atomic E-state index is 4.27. The molecule has 0 N–H and O–H groups in total. The average Bonchev–Trinajstić information content (AvgIpc) is 0.879. The second kappa shape index (κ2) is 129. The molecule has 0 fully saturated rings. The van der Waals surface area contributed by atoms with Crippen LogP contribution in [0.4, 0.5) is 0 Å². The molecule has 3 aromatic rings. The first-order valence-corrected chi connectivity index (χ1v) is 64.2. The molecular formula is C131H254Br2N4Sr+2. The van der Waals surface area contributed by atoms with E-state index in [0.29, 0.717) is 0 Å². The van der Waals surface area contributed by atoms with Gasteiger partial charge in [0, 0.05) is 54.8 Å². The number of aryl methyl sites for hydroxylation is 2. The van der Waals surface area contributed by atoms with Crippen molar-refractivity contribution in [1.82, 2.24) is 9.88 Å². The summed E-state index contributed by atoms with van der Waals surface area (Å²) in [5, 5.41) is 1.93. The van der Waals surface area contributed by atoms with Crippen molar-refractivity contribution in [2.24, 2.45) is 0 Å². The molecule has 138 heavy (non-hydrogen) atoms. The number of aromatic nitrogens is 3. The zero-order valence-corrected chi connectivity index (χ0v) is 101. The number of halogens is 2. The Balaban J connectivity index is -0.000000621. The summed E-state index contributed by atoms with van der Waals surface area (Å²) in [6.45, 7) is 29.2. The predicted octanol–water partition coefficient (Wildman–Crippen LogP) is 46.4. The molecule has 0 atom stereocenters. The number of unbranched alkanes of at least 4 members (excludes halogenated alkanes) is 80. The molecule has 0 amide bonds. The van der Waals surface area contributed by atoms with E-state index in [1.54, 1.807) is 18.1 Å². The van der Waals surface area contributed by atoms with Gasteiger partial charge in [-0.25, -0.2) is 9.13 Å². The van der Waals surface area contributed by atoms with Crippen LogP contribution in [0, 0.1) is 13.8 Å². The minimum absolute atomic E-state index is 0. The fraction of sp³-hybridized carbons (Fsp3) is 0.870. The minimum atomic E-state index is 0. The van der Waals surface area contributed by atoms with Crippen LogP contribution in [0.25, 0.3) is 0 Å². The smallest absolute Gasteiger partial charge is 0.346 e. The van der Waals surface area contributed by atoms with Gasteiger partial charge >= 0.3 is 45.5 Å². The molecule has 0 spiro atoms. The molecule has 0 saturated carbocycles.